The van der Waals surface area contributed by atoms with Crippen molar-refractivity contribution >= 4 is 0 Å². The lowest BCUT2D eigenvalue weighted by Crippen LogP contribution is -2.18. The molecule has 1 aromatic carbocycles. The van der Waals surface area contributed by atoms with Gasteiger partial charge in [0.25, 0.3) is 0 Å². The van der Waals surface area contributed by atoms with Crippen molar-refractivity contribution in [1.82, 2.24) is 0 Å². The van der Waals surface area contributed by atoms with Crippen LogP contribution in [-0.4, -0.2) is 12.6 Å². The summed E-state index contributed by atoms with van der Waals surface area (Å²) in [5.74, 6) is 1.04. The molecule has 0 saturated carbocycles. The molecule has 0 saturated heterocycles. The Bertz CT molecular complexity index is 387. The molecule has 0 aliphatic heterocycles. The number of hydrogen-bond acceptors (Lipinski definition) is 2. The van der Waals surface area contributed by atoms with E-state index in [4.69, 9.17) is 10.5 Å². The lowest BCUT2D eigenvalue weighted by Gasteiger charge is -2.15. The number of rotatable bonds is 8. The number of hydrogen-bond donors (Lipinski definition) is 1. The zero-order valence-corrected chi connectivity index (χ0v) is 13.0. The third-order valence-corrected chi connectivity index (χ3v) is 3.86. The highest BCUT2D eigenvalue weighted by atomic mass is 16.5. The van der Waals surface area contributed by atoms with Gasteiger partial charge in [0.2, 0.25) is 0 Å². The highest BCUT2D eigenvalue weighted by molar-refractivity contribution is 5.43. The van der Waals surface area contributed by atoms with Gasteiger partial charge in [-0.3, -0.25) is 0 Å². The van der Waals surface area contributed by atoms with Crippen molar-refractivity contribution < 1.29 is 4.74 Å². The zero-order chi connectivity index (χ0) is 14.3. The fourth-order valence-corrected chi connectivity index (χ4v) is 2.25. The first kappa shape index (κ1) is 16.0. The standard InChI is InChI=1S/C17H29NO/c1-5-12-19-17-11-10-15(13(3)14(17)4)8-7-9-16(18)6-2/h10-11,16H,5-9,12,18H2,1-4H3. The largest absolute Gasteiger partial charge is 0.493 e. The minimum Gasteiger partial charge on any atom is -0.493 e. The lowest BCUT2D eigenvalue weighted by atomic mass is 9.97. The summed E-state index contributed by atoms with van der Waals surface area (Å²) in [6, 6.07) is 4.69. The van der Waals surface area contributed by atoms with Crippen molar-refractivity contribution in [3.05, 3.63) is 28.8 Å². The molecule has 0 aliphatic carbocycles. The summed E-state index contributed by atoms with van der Waals surface area (Å²) in [7, 11) is 0. The quantitative estimate of drug-likeness (QED) is 0.764. The lowest BCUT2D eigenvalue weighted by molar-refractivity contribution is 0.315. The van der Waals surface area contributed by atoms with Gasteiger partial charge < -0.3 is 10.5 Å². The van der Waals surface area contributed by atoms with Crippen molar-refractivity contribution in [2.24, 2.45) is 5.73 Å². The molecule has 19 heavy (non-hydrogen) atoms. The minimum atomic E-state index is 0.355. The van der Waals surface area contributed by atoms with Crippen LogP contribution in [0.3, 0.4) is 0 Å². The molecule has 0 amide bonds. The molecule has 1 aromatic rings. The maximum absolute atomic E-state index is 5.96. The molecule has 0 spiro atoms. The molecule has 0 fully saturated rings. The van der Waals surface area contributed by atoms with E-state index in [1.165, 1.54) is 23.1 Å². The molecule has 2 heteroatoms. The summed E-state index contributed by atoms with van der Waals surface area (Å²) in [5.41, 5.74) is 10.1. The van der Waals surface area contributed by atoms with Gasteiger partial charge in [0.1, 0.15) is 5.75 Å². The Morgan fingerprint density at radius 3 is 2.53 bits per heavy atom. The fraction of sp³-hybridized carbons (Fsp3) is 0.647. The molecule has 1 atom stereocenters. The van der Waals surface area contributed by atoms with Gasteiger partial charge >= 0.3 is 0 Å². The average Bonchev–Trinajstić information content (AvgIpc) is 2.42. The van der Waals surface area contributed by atoms with E-state index < -0.39 is 0 Å². The molecular weight excluding hydrogens is 234 g/mol. The van der Waals surface area contributed by atoms with Crippen molar-refractivity contribution in [2.75, 3.05) is 6.61 Å². The molecule has 1 unspecified atom stereocenters. The van der Waals surface area contributed by atoms with E-state index in [1.807, 2.05) is 0 Å². The van der Waals surface area contributed by atoms with Crippen LogP contribution in [0.4, 0.5) is 0 Å². The van der Waals surface area contributed by atoms with Gasteiger partial charge in [-0.1, -0.05) is 19.9 Å². The minimum absolute atomic E-state index is 0.355. The van der Waals surface area contributed by atoms with Crippen LogP contribution >= 0.6 is 0 Å². The molecule has 0 aliphatic rings. The second-order valence-corrected chi connectivity index (χ2v) is 5.38. The van der Waals surface area contributed by atoms with E-state index in [0.29, 0.717) is 6.04 Å². The molecule has 0 radical (unpaired) electrons. The van der Waals surface area contributed by atoms with Gasteiger partial charge in [0.15, 0.2) is 0 Å². The van der Waals surface area contributed by atoms with E-state index in [-0.39, 0.29) is 0 Å². The van der Waals surface area contributed by atoms with Crippen molar-refractivity contribution in [1.29, 1.82) is 0 Å². The van der Waals surface area contributed by atoms with E-state index in [9.17, 15) is 0 Å². The maximum atomic E-state index is 5.96. The van der Waals surface area contributed by atoms with Gasteiger partial charge in [-0.2, -0.15) is 0 Å². The van der Waals surface area contributed by atoms with Crippen molar-refractivity contribution in [3.8, 4) is 5.75 Å². The van der Waals surface area contributed by atoms with Crippen LogP contribution in [0.2, 0.25) is 0 Å². The van der Waals surface area contributed by atoms with E-state index in [2.05, 4.69) is 39.8 Å². The summed E-state index contributed by atoms with van der Waals surface area (Å²) in [6.07, 6.45) is 5.53. The van der Waals surface area contributed by atoms with Gasteiger partial charge in [0, 0.05) is 6.04 Å². The van der Waals surface area contributed by atoms with Crippen LogP contribution < -0.4 is 10.5 Å². The number of benzene rings is 1. The normalized spacial score (nSPS) is 12.5. The summed E-state index contributed by atoms with van der Waals surface area (Å²) in [6.45, 7) is 9.43. The van der Waals surface area contributed by atoms with Crippen molar-refractivity contribution in [3.63, 3.8) is 0 Å². The van der Waals surface area contributed by atoms with Crippen molar-refractivity contribution in [2.45, 2.75) is 65.8 Å². The third kappa shape index (κ3) is 4.87. The van der Waals surface area contributed by atoms with Crippen LogP contribution in [0.1, 0.15) is 56.2 Å². The van der Waals surface area contributed by atoms with Gasteiger partial charge in [-0.15, -0.1) is 0 Å². The van der Waals surface area contributed by atoms with E-state index in [1.54, 1.807) is 0 Å². The SMILES string of the molecule is CCCOc1ccc(CCCC(N)CC)c(C)c1C. The Hall–Kier alpha value is -1.02. The first-order valence-corrected chi connectivity index (χ1v) is 7.57. The van der Waals surface area contributed by atoms with Crippen LogP contribution in [-0.2, 0) is 6.42 Å². The molecule has 0 bridgehead atoms. The topological polar surface area (TPSA) is 35.2 Å². The van der Waals surface area contributed by atoms with Crippen LogP contribution in [0.15, 0.2) is 12.1 Å². The smallest absolute Gasteiger partial charge is 0.122 e. The Morgan fingerprint density at radius 2 is 1.89 bits per heavy atom. The molecular formula is C17H29NO. The second-order valence-electron chi connectivity index (χ2n) is 5.38. The second kappa shape index (κ2) is 8.21. The third-order valence-electron chi connectivity index (χ3n) is 3.86. The summed E-state index contributed by atoms with van der Waals surface area (Å²) in [4.78, 5) is 0. The van der Waals surface area contributed by atoms with Gasteiger partial charge in [0.05, 0.1) is 6.61 Å². The first-order chi connectivity index (χ1) is 9.10. The predicted octanol–water partition coefficient (Wildman–Crippen LogP) is 4.15. The van der Waals surface area contributed by atoms with Crippen LogP contribution in [0.5, 0.6) is 5.75 Å². The fourth-order valence-electron chi connectivity index (χ4n) is 2.25. The van der Waals surface area contributed by atoms with Crippen LogP contribution in [0, 0.1) is 13.8 Å². The number of nitrogens with two attached hydrogens (primary N) is 1. The number of aryl methyl sites for hydroxylation is 1. The van der Waals surface area contributed by atoms with Gasteiger partial charge in [-0.25, -0.2) is 0 Å². The molecule has 2 N–H and O–H groups in total. The van der Waals surface area contributed by atoms with E-state index >= 15 is 0 Å². The Morgan fingerprint density at radius 1 is 1.16 bits per heavy atom. The predicted molar refractivity (Wildman–Crippen MR) is 82.9 cm³/mol. The molecule has 108 valence electrons. The molecule has 0 aromatic heterocycles. The molecule has 1 rings (SSSR count). The van der Waals surface area contributed by atoms with Gasteiger partial charge in [-0.05, 0) is 68.7 Å². The summed E-state index contributed by atoms with van der Waals surface area (Å²) in [5, 5.41) is 0. The number of ether oxygens (including phenoxy) is 1. The monoisotopic (exact) mass is 263 g/mol. The highest BCUT2D eigenvalue weighted by Gasteiger charge is 2.08. The zero-order valence-electron chi connectivity index (χ0n) is 13.0. The molecule has 0 heterocycles. The average molecular weight is 263 g/mol. The Kier molecular flexibility index (Phi) is 6.93. The maximum Gasteiger partial charge on any atom is 0.122 e. The highest BCUT2D eigenvalue weighted by Crippen LogP contribution is 2.25. The summed E-state index contributed by atoms with van der Waals surface area (Å²) >= 11 is 0. The van der Waals surface area contributed by atoms with Crippen LogP contribution in [0.25, 0.3) is 0 Å². The first-order valence-electron chi connectivity index (χ1n) is 7.57. The molecule has 2 nitrogen and oxygen atoms in total. The van der Waals surface area contributed by atoms with E-state index in [0.717, 1.165) is 38.0 Å². The summed E-state index contributed by atoms with van der Waals surface area (Å²) < 4.78 is 5.76. The Labute approximate surface area is 118 Å². The Balaban J connectivity index is 2.63.